The predicted octanol–water partition coefficient (Wildman–Crippen LogP) is -0.631. The monoisotopic (exact) mass is 118 g/mol. The van der Waals surface area contributed by atoms with Crippen LogP contribution >= 0.6 is 0 Å². The Morgan fingerprint density at radius 1 is 1.88 bits per heavy atom. The molecular weight excluding hydrogens is 110 g/mol. The lowest BCUT2D eigenvalue weighted by Gasteiger charge is -1.84. The Kier molecular flexibility index (Phi) is 2.53. The van der Waals surface area contributed by atoms with Gasteiger partial charge in [0.05, 0.1) is 4.91 Å². The third-order valence-corrected chi connectivity index (χ3v) is 0.522. The van der Waals surface area contributed by atoms with Crippen LogP contribution < -0.4 is 11.2 Å². The third-order valence-electron chi connectivity index (χ3n) is 0.522. The van der Waals surface area contributed by atoms with Gasteiger partial charge in [-0.05, 0) is 0 Å². The maximum atomic E-state index is 10.1. The molecule has 0 saturated heterocycles. The quantitative estimate of drug-likeness (QED) is 0.374. The van der Waals surface area contributed by atoms with E-state index in [0.717, 1.165) is 0 Å². The van der Waals surface area contributed by atoms with E-state index in [9.17, 15) is 9.70 Å². The highest BCUT2D eigenvalue weighted by molar-refractivity contribution is 5.69. The van der Waals surface area contributed by atoms with Crippen LogP contribution in [0.1, 0.15) is 6.92 Å². The van der Waals surface area contributed by atoms with Crippen molar-refractivity contribution in [3.63, 3.8) is 0 Å². The summed E-state index contributed by atoms with van der Waals surface area (Å²) in [5.74, 6) is 0. The molecule has 5 nitrogen and oxygen atoms in total. The van der Waals surface area contributed by atoms with E-state index in [1.807, 2.05) is 5.43 Å². The van der Waals surface area contributed by atoms with Crippen LogP contribution in [0.5, 0.6) is 0 Å². The minimum atomic E-state index is -0.832. The summed E-state index contributed by atoms with van der Waals surface area (Å²) in [6, 6.07) is -0.832. The molecule has 0 spiro atoms. The van der Waals surface area contributed by atoms with Gasteiger partial charge in [0.25, 0.3) is 0 Å². The molecule has 0 fully saturated rings. The van der Waals surface area contributed by atoms with Gasteiger partial charge < -0.3 is 5.73 Å². The maximum absolute atomic E-state index is 10.1. The fourth-order valence-electron chi connectivity index (χ4n) is 0.202. The second kappa shape index (κ2) is 2.95. The van der Waals surface area contributed by atoms with Gasteiger partial charge in [0.1, 0.15) is 4.87 Å². The van der Waals surface area contributed by atoms with E-state index in [2.05, 4.69) is 5.73 Å². The molecular formula is C3H8N3O2+. The molecule has 5 heteroatoms. The van der Waals surface area contributed by atoms with E-state index in [1.54, 1.807) is 6.92 Å². The molecule has 0 aliphatic carbocycles. The molecule has 0 aromatic heterocycles. The normalized spacial score (nSPS) is 8.12. The highest BCUT2D eigenvalue weighted by atomic mass is 16.3. The Hall–Kier alpha value is -1.13. The Labute approximate surface area is 46.4 Å². The predicted molar refractivity (Wildman–Crippen MR) is 26.9 cm³/mol. The molecule has 2 amide bonds. The lowest BCUT2D eigenvalue weighted by atomic mass is 10.8. The van der Waals surface area contributed by atoms with Crippen molar-refractivity contribution in [2.24, 2.45) is 5.73 Å². The first-order chi connectivity index (χ1) is 3.66. The number of nitrogens with zero attached hydrogens (tertiary/aromatic N) is 1. The number of urea groups is 1. The first-order valence-corrected chi connectivity index (χ1v) is 2.17. The van der Waals surface area contributed by atoms with Gasteiger partial charge in [-0.25, -0.2) is 4.79 Å². The summed E-state index contributed by atoms with van der Waals surface area (Å²) >= 11 is 0. The molecule has 46 valence electrons. The van der Waals surface area contributed by atoms with Crippen LogP contribution in [0.4, 0.5) is 4.79 Å². The number of carbonyl (C=O) groups excluding carboxylic acids is 1. The van der Waals surface area contributed by atoms with E-state index < -0.39 is 6.03 Å². The minimum absolute atomic E-state index is 0.197. The summed E-state index contributed by atoms with van der Waals surface area (Å²) < 4.78 is 0. The SMILES string of the molecule is CC[N+](=O)NC(N)=O. The molecule has 0 aromatic carbocycles. The number of hydrogen-bond donors (Lipinski definition) is 2. The number of nitrogens with two attached hydrogens (primary N) is 1. The van der Waals surface area contributed by atoms with Crippen molar-refractivity contribution >= 4 is 6.03 Å². The fourth-order valence-corrected chi connectivity index (χ4v) is 0.202. The van der Waals surface area contributed by atoms with Gasteiger partial charge in [-0.2, -0.15) is 0 Å². The van der Waals surface area contributed by atoms with E-state index in [-0.39, 0.29) is 6.54 Å². The van der Waals surface area contributed by atoms with Gasteiger partial charge in [0, 0.05) is 6.92 Å². The first kappa shape index (κ1) is 6.87. The van der Waals surface area contributed by atoms with Gasteiger partial charge in [0.2, 0.25) is 6.54 Å². The van der Waals surface area contributed by atoms with Crippen molar-refractivity contribution in [3.05, 3.63) is 4.91 Å². The lowest BCUT2D eigenvalue weighted by Crippen LogP contribution is -2.36. The van der Waals surface area contributed by atoms with Gasteiger partial charge >= 0.3 is 6.03 Å². The van der Waals surface area contributed by atoms with Crippen molar-refractivity contribution in [1.82, 2.24) is 5.43 Å². The number of hydrogen-bond acceptors (Lipinski definition) is 2. The molecule has 0 rings (SSSR count). The number of rotatable bonds is 2. The Morgan fingerprint density at radius 3 is 2.50 bits per heavy atom. The van der Waals surface area contributed by atoms with Gasteiger partial charge in [-0.15, -0.1) is 0 Å². The molecule has 0 atom stereocenters. The molecule has 0 aliphatic heterocycles. The zero-order chi connectivity index (χ0) is 6.57. The average molecular weight is 118 g/mol. The van der Waals surface area contributed by atoms with Crippen LogP contribution in [0, 0.1) is 4.91 Å². The van der Waals surface area contributed by atoms with E-state index in [4.69, 9.17) is 0 Å². The van der Waals surface area contributed by atoms with Crippen LogP contribution in [-0.2, 0) is 0 Å². The topological polar surface area (TPSA) is 75.2 Å². The Balaban J connectivity index is 3.40. The van der Waals surface area contributed by atoms with Gasteiger partial charge in [0.15, 0.2) is 0 Å². The Morgan fingerprint density at radius 2 is 2.38 bits per heavy atom. The number of nitrogens with one attached hydrogen (secondary N) is 1. The average Bonchev–Trinajstić information content (AvgIpc) is 1.65. The number of hydrazine groups is 1. The molecule has 0 radical (unpaired) electrons. The zero-order valence-corrected chi connectivity index (χ0v) is 4.55. The highest BCUT2D eigenvalue weighted by Gasteiger charge is 2.04. The smallest absolute Gasteiger partial charge is 0.347 e. The van der Waals surface area contributed by atoms with Crippen molar-refractivity contribution < 1.29 is 9.66 Å². The molecule has 0 unspecified atom stereocenters. The number of carbonyl (C=O) groups is 1. The summed E-state index contributed by atoms with van der Waals surface area (Å²) in [4.78, 5) is 20.3. The summed E-state index contributed by atoms with van der Waals surface area (Å²) in [6.45, 7) is 1.80. The molecule has 0 bridgehead atoms. The molecule has 0 aliphatic rings. The van der Waals surface area contributed by atoms with E-state index in [1.165, 1.54) is 0 Å². The second-order valence-corrected chi connectivity index (χ2v) is 1.17. The largest absolute Gasteiger partial charge is 0.368 e. The van der Waals surface area contributed by atoms with Crippen molar-refractivity contribution in [2.45, 2.75) is 6.92 Å². The highest BCUT2D eigenvalue weighted by Crippen LogP contribution is 1.61. The van der Waals surface area contributed by atoms with Gasteiger partial charge in [-0.3, -0.25) is 0 Å². The van der Waals surface area contributed by atoms with Crippen molar-refractivity contribution in [3.8, 4) is 0 Å². The van der Waals surface area contributed by atoms with E-state index >= 15 is 0 Å². The lowest BCUT2D eigenvalue weighted by molar-refractivity contribution is -0.589. The van der Waals surface area contributed by atoms with Crippen LogP contribution in [0.15, 0.2) is 0 Å². The molecule has 0 heterocycles. The minimum Gasteiger partial charge on any atom is -0.347 e. The standard InChI is InChI=1S/C3H7N3O2/c1-2-6(8)5-3(4)7/h2H2,1H3,(H2-,4,5,7,8)/p+1. The van der Waals surface area contributed by atoms with Crippen molar-refractivity contribution in [2.75, 3.05) is 6.54 Å². The number of primary amides is 1. The molecule has 8 heavy (non-hydrogen) atoms. The number of nitroso groups, excluding NO2 is 1. The zero-order valence-electron chi connectivity index (χ0n) is 4.55. The van der Waals surface area contributed by atoms with Gasteiger partial charge in [-0.1, -0.05) is 5.43 Å². The first-order valence-electron chi connectivity index (χ1n) is 2.17. The van der Waals surface area contributed by atoms with Crippen LogP contribution in [0.3, 0.4) is 0 Å². The molecule has 3 N–H and O–H groups in total. The van der Waals surface area contributed by atoms with Crippen molar-refractivity contribution in [1.29, 1.82) is 0 Å². The third kappa shape index (κ3) is 3.08. The van der Waals surface area contributed by atoms with E-state index in [0.29, 0.717) is 4.87 Å². The van der Waals surface area contributed by atoms with Crippen LogP contribution in [-0.4, -0.2) is 17.4 Å². The molecule has 0 saturated carbocycles. The fraction of sp³-hybridized carbons (Fsp3) is 0.667. The summed E-state index contributed by atoms with van der Waals surface area (Å²) in [7, 11) is 0. The summed E-state index contributed by atoms with van der Waals surface area (Å²) in [6.07, 6.45) is 0. The Bertz CT molecular complexity index is 111. The maximum Gasteiger partial charge on any atom is 0.368 e. The summed E-state index contributed by atoms with van der Waals surface area (Å²) in [5.41, 5.74) is 6.39. The van der Waals surface area contributed by atoms with Crippen LogP contribution in [0.2, 0.25) is 0 Å². The second-order valence-electron chi connectivity index (χ2n) is 1.17. The summed E-state index contributed by atoms with van der Waals surface area (Å²) in [5, 5.41) is 0. The number of amides is 2. The van der Waals surface area contributed by atoms with Crippen LogP contribution in [0.25, 0.3) is 0 Å². The molecule has 0 aromatic rings.